The number of fused-ring (bicyclic) bond motifs is 1. The molecule has 3 atom stereocenters. The molecule has 0 aromatic carbocycles. The number of carbonyl (C=O) groups excluding carboxylic acids is 2. The van der Waals surface area contributed by atoms with E-state index in [1.54, 1.807) is 23.7 Å². The number of morpholine rings is 1. The lowest BCUT2D eigenvalue weighted by molar-refractivity contribution is -0.134. The number of nitrogens with one attached hydrogen (secondary N) is 1. The Kier molecular flexibility index (Phi) is 5.57. The summed E-state index contributed by atoms with van der Waals surface area (Å²) in [6.45, 7) is 5.98. The van der Waals surface area contributed by atoms with Crippen LogP contribution in [0.25, 0.3) is 0 Å². The highest BCUT2D eigenvalue weighted by atomic mass is 16.5. The van der Waals surface area contributed by atoms with Crippen LogP contribution in [0.5, 0.6) is 0 Å². The summed E-state index contributed by atoms with van der Waals surface area (Å²) in [5, 5.41) is 7.32. The molecule has 144 valence electrons. The van der Waals surface area contributed by atoms with Gasteiger partial charge in [-0.25, -0.2) is 9.67 Å². The first-order chi connectivity index (χ1) is 12.3. The van der Waals surface area contributed by atoms with Crippen LogP contribution in [-0.2, 0) is 20.9 Å². The quantitative estimate of drug-likeness (QED) is 0.745. The van der Waals surface area contributed by atoms with Crippen LogP contribution in [0.15, 0.2) is 0 Å². The fraction of sp³-hybridized carbons (Fsp3) is 0.765. The molecule has 26 heavy (non-hydrogen) atoms. The lowest BCUT2D eigenvalue weighted by Crippen LogP contribution is -2.47. The Bertz CT molecular complexity index is 673. The molecule has 0 radical (unpaired) electrons. The molecule has 2 saturated heterocycles. The average molecular weight is 364 g/mol. The Morgan fingerprint density at radius 2 is 2.08 bits per heavy atom. The second kappa shape index (κ2) is 7.71. The minimum atomic E-state index is -0.0728. The number of nitrogens with zero attached hydrogens (tertiary/aromatic N) is 5. The number of amides is 2. The van der Waals surface area contributed by atoms with Crippen LogP contribution in [0, 0.1) is 13.8 Å². The fourth-order valence-corrected chi connectivity index (χ4v) is 3.67. The van der Waals surface area contributed by atoms with E-state index in [0.29, 0.717) is 24.9 Å². The summed E-state index contributed by atoms with van der Waals surface area (Å²) in [6.07, 6.45) is 1.20. The van der Waals surface area contributed by atoms with E-state index in [1.807, 2.05) is 13.8 Å². The van der Waals surface area contributed by atoms with E-state index in [-0.39, 0.29) is 30.5 Å². The zero-order valence-corrected chi connectivity index (χ0v) is 15.9. The van der Waals surface area contributed by atoms with Crippen LogP contribution in [0.3, 0.4) is 0 Å². The van der Waals surface area contributed by atoms with Gasteiger partial charge in [0.05, 0.1) is 19.1 Å². The molecule has 9 heteroatoms. The second-order valence-electron chi connectivity index (χ2n) is 7.42. The zero-order valence-electron chi connectivity index (χ0n) is 15.9. The number of ether oxygens (including phenoxy) is 1. The van der Waals surface area contributed by atoms with Crippen LogP contribution in [0.4, 0.5) is 0 Å². The van der Waals surface area contributed by atoms with Gasteiger partial charge in [0.2, 0.25) is 11.8 Å². The second-order valence-corrected chi connectivity index (χ2v) is 7.42. The number of rotatable bonds is 5. The molecule has 3 rings (SSSR count). The third kappa shape index (κ3) is 4.39. The van der Waals surface area contributed by atoms with Gasteiger partial charge in [-0.2, -0.15) is 5.10 Å². The molecule has 1 N–H and O–H groups in total. The Balaban J connectivity index is 1.48. The molecule has 3 heterocycles. The average Bonchev–Trinajstić information content (AvgIpc) is 3.08. The SMILES string of the molecule is Cc1nc(C)n(CC(=O)N[C@@H]2C[C@H]3CO[C@@H](CC(=O)N(C)C)CN3C2)n1. The minimum absolute atomic E-state index is 0.0527. The molecule has 0 bridgehead atoms. The number of hydrogen-bond donors (Lipinski definition) is 1. The largest absolute Gasteiger partial charge is 0.375 e. The maximum Gasteiger partial charge on any atom is 0.242 e. The number of aryl methyl sites for hydroxylation is 2. The lowest BCUT2D eigenvalue weighted by Gasteiger charge is -2.35. The molecule has 2 amide bonds. The zero-order chi connectivity index (χ0) is 18.8. The van der Waals surface area contributed by atoms with Crippen molar-refractivity contribution in [2.45, 2.75) is 51.4 Å². The third-order valence-corrected chi connectivity index (χ3v) is 5.01. The summed E-state index contributed by atoms with van der Waals surface area (Å²) in [5.74, 6) is 1.44. The molecule has 2 aliphatic rings. The van der Waals surface area contributed by atoms with Gasteiger partial charge in [-0.1, -0.05) is 0 Å². The van der Waals surface area contributed by atoms with E-state index >= 15 is 0 Å². The smallest absolute Gasteiger partial charge is 0.242 e. The van der Waals surface area contributed by atoms with Gasteiger partial charge in [0.25, 0.3) is 0 Å². The molecule has 0 spiro atoms. The van der Waals surface area contributed by atoms with Gasteiger partial charge in [0.1, 0.15) is 18.2 Å². The van der Waals surface area contributed by atoms with Crippen molar-refractivity contribution in [1.29, 1.82) is 0 Å². The van der Waals surface area contributed by atoms with E-state index < -0.39 is 0 Å². The van der Waals surface area contributed by atoms with Crippen LogP contribution < -0.4 is 5.32 Å². The van der Waals surface area contributed by atoms with Gasteiger partial charge >= 0.3 is 0 Å². The highest BCUT2D eigenvalue weighted by molar-refractivity contribution is 5.76. The minimum Gasteiger partial charge on any atom is -0.375 e. The normalized spacial score (nSPS) is 25.8. The summed E-state index contributed by atoms with van der Waals surface area (Å²) in [6, 6.07) is 0.408. The predicted molar refractivity (Wildman–Crippen MR) is 94.5 cm³/mol. The Morgan fingerprint density at radius 1 is 1.31 bits per heavy atom. The standard InChI is InChI=1S/C17H28N6O3/c1-11-18-12(2)23(20-11)9-16(24)19-13-5-14-10-26-15(8-22(14)7-13)6-17(25)21(3)4/h13-15H,5-10H2,1-4H3,(H,19,24)/t13-,14+,15+/m1/s1. The van der Waals surface area contributed by atoms with Gasteiger partial charge < -0.3 is 15.0 Å². The predicted octanol–water partition coefficient (Wildman–Crippen LogP) is -0.669. The Hall–Kier alpha value is -2.00. The van der Waals surface area contributed by atoms with Crippen molar-refractivity contribution in [2.24, 2.45) is 0 Å². The third-order valence-electron chi connectivity index (χ3n) is 5.01. The van der Waals surface area contributed by atoms with Crippen LogP contribution in [0.1, 0.15) is 24.5 Å². The van der Waals surface area contributed by atoms with Crippen molar-refractivity contribution in [3.8, 4) is 0 Å². The van der Waals surface area contributed by atoms with E-state index in [1.165, 1.54) is 0 Å². The van der Waals surface area contributed by atoms with Gasteiger partial charge in [0, 0.05) is 39.3 Å². The molecule has 0 saturated carbocycles. The molecule has 2 fully saturated rings. The number of carbonyl (C=O) groups is 2. The highest BCUT2D eigenvalue weighted by Gasteiger charge is 2.38. The summed E-state index contributed by atoms with van der Waals surface area (Å²) >= 11 is 0. The molecule has 9 nitrogen and oxygen atoms in total. The summed E-state index contributed by atoms with van der Waals surface area (Å²) < 4.78 is 7.48. The highest BCUT2D eigenvalue weighted by Crippen LogP contribution is 2.24. The lowest BCUT2D eigenvalue weighted by atomic mass is 10.1. The van der Waals surface area contributed by atoms with Crippen LogP contribution in [-0.4, -0.2) is 88.4 Å². The van der Waals surface area contributed by atoms with Gasteiger partial charge in [-0.15, -0.1) is 0 Å². The van der Waals surface area contributed by atoms with E-state index in [2.05, 4.69) is 20.3 Å². The molecule has 0 unspecified atom stereocenters. The van der Waals surface area contributed by atoms with Crippen LogP contribution >= 0.6 is 0 Å². The topological polar surface area (TPSA) is 92.6 Å². The van der Waals surface area contributed by atoms with Crippen molar-refractivity contribution in [3.63, 3.8) is 0 Å². The summed E-state index contributed by atoms with van der Waals surface area (Å²) in [5.41, 5.74) is 0. The Labute approximate surface area is 153 Å². The van der Waals surface area contributed by atoms with Gasteiger partial charge in [-0.05, 0) is 20.3 Å². The first kappa shape index (κ1) is 18.8. The monoisotopic (exact) mass is 364 g/mol. The first-order valence-corrected chi connectivity index (χ1v) is 9.05. The van der Waals surface area contributed by atoms with Crippen molar-refractivity contribution in [1.82, 2.24) is 29.9 Å². The molecule has 2 aliphatic heterocycles. The van der Waals surface area contributed by atoms with E-state index in [9.17, 15) is 9.59 Å². The van der Waals surface area contributed by atoms with E-state index in [4.69, 9.17) is 4.74 Å². The van der Waals surface area contributed by atoms with Crippen molar-refractivity contribution in [3.05, 3.63) is 11.6 Å². The number of aromatic nitrogens is 3. The van der Waals surface area contributed by atoms with Crippen molar-refractivity contribution < 1.29 is 14.3 Å². The Morgan fingerprint density at radius 3 is 2.73 bits per heavy atom. The van der Waals surface area contributed by atoms with Crippen molar-refractivity contribution in [2.75, 3.05) is 33.8 Å². The molecular formula is C17H28N6O3. The summed E-state index contributed by atoms with van der Waals surface area (Å²) in [7, 11) is 3.52. The van der Waals surface area contributed by atoms with Crippen LogP contribution in [0.2, 0.25) is 0 Å². The molecule has 0 aliphatic carbocycles. The molecule has 1 aromatic rings. The fourth-order valence-electron chi connectivity index (χ4n) is 3.67. The maximum absolute atomic E-state index is 12.3. The van der Waals surface area contributed by atoms with Crippen molar-refractivity contribution >= 4 is 11.8 Å². The van der Waals surface area contributed by atoms with Gasteiger partial charge in [0.15, 0.2) is 0 Å². The van der Waals surface area contributed by atoms with Gasteiger partial charge in [-0.3, -0.25) is 14.5 Å². The molecule has 1 aromatic heterocycles. The van der Waals surface area contributed by atoms with E-state index in [0.717, 1.165) is 25.3 Å². The maximum atomic E-state index is 12.3. The molecular weight excluding hydrogens is 336 g/mol. The summed E-state index contributed by atoms with van der Waals surface area (Å²) in [4.78, 5) is 32.3. The first-order valence-electron chi connectivity index (χ1n) is 9.05. The number of hydrogen-bond acceptors (Lipinski definition) is 6.